The molecule has 1 saturated carbocycles. The Morgan fingerprint density at radius 1 is 1.21 bits per heavy atom. The van der Waals surface area contributed by atoms with Crippen LogP contribution in [-0.4, -0.2) is 39.7 Å². The minimum Gasteiger partial charge on any atom is -0.416 e. The van der Waals surface area contributed by atoms with Crippen LogP contribution in [0.3, 0.4) is 0 Å². The monoisotopic (exact) mass is 552 g/mol. The van der Waals surface area contributed by atoms with Gasteiger partial charge < -0.3 is 4.43 Å². The van der Waals surface area contributed by atoms with Gasteiger partial charge in [0.25, 0.3) is 0 Å². The van der Waals surface area contributed by atoms with E-state index < -0.39 is 8.32 Å². The van der Waals surface area contributed by atoms with E-state index in [1.54, 1.807) is 12.1 Å². The van der Waals surface area contributed by atoms with Gasteiger partial charge in [-0.05, 0) is 91.7 Å². The van der Waals surface area contributed by atoms with Crippen LogP contribution >= 0.6 is 11.8 Å². The van der Waals surface area contributed by atoms with Crippen LogP contribution in [0.1, 0.15) is 58.2 Å². The lowest BCUT2D eigenvalue weighted by Crippen LogP contribution is -2.47. The number of aromatic nitrogens is 4. The van der Waals surface area contributed by atoms with Crippen LogP contribution in [0.2, 0.25) is 18.1 Å². The van der Waals surface area contributed by atoms with Gasteiger partial charge in [-0.25, -0.2) is 9.07 Å². The molecule has 0 aliphatic heterocycles. The first-order valence-electron chi connectivity index (χ1n) is 13.7. The molecule has 0 saturated heterocycles. The quantitative estimate of drug-likeness (QED) is 0.223. The molecule has 2 aromatic heterocycles. The predicted octanol–water partition coefficient (Wildman–Crippen LogP) is 7.67. The van der Waals surface area contributed by atoms with Crippen molar-refractivity contribution >= 4 is 26.2 Å². The summed E-state index contributed by atoms with van der Waals surface area (Å²) < 4.78 is 24.4. The first-order valence-corrected chi connectivity index (χ1v) is 17.5. The molecule has 8 heteroatoms. The second-order valence-corrected chi connectivity index (χ2v) is 19.0. The van der Waals surface area contributed by atoms with Crippen molar-refractivity contribution in [2.24, 2.45) is 18.4 Å². The third-order valence-electron chi connectivity index (χ3n) is 9.09. The summed E-state index contributed by atoms with van der Waals surface area (Å²) in [7, 11) is 0.0537. The molecule has 1 unspecified atom stereocenters. The van der Waals surface area contributed by atoms with E-state index >= 15 is 0 Å². The van der Waals surface area contributed by atoms with Gasteiger partial charge in [0, 0.05) is 30.5 Å². The number of halogens is 1. The van der Waals surface area contributed by atoms with Crippen LogP contribution in [0.15, 0.2) is 53.3 Å². The van der Waals surface area contributed by atoms with Gasteiger partial charge in [-0.1, -0.05) is 33.3 Å². The van der Waals surface area contributed by atoms with Crippen molar-refractivity contribution in [1.29, 1.82) is 0 Å². The molecule has 1 aromatic carbocycles. The Hall–Kier alpha value is -2.16. The number of hydrogen-bond acceptors (Lipinski definition) is 4. The van der Waals surface area contributed by atoms with Crippen molar-refractivity contribution in [2.75, 3.05) is 6.61 Å². The predicted molar refractivity (Wildman–Crippen MR) is 157 cm³/mol. The topological polar surface area (TPSA) is 44.9 Å². The normalized spacial score (nSPS) is 22.5. The number of benzene rings is 1. The van der Waals surface area contributed by atoms with Crippen LogP contribution in [0.4, 0.5) is 4.39 Å². The molecular formula is C30H41FN4OSSi. The second kappa shape index (κ2) is 10.1. The van der Waals surface area contributed by atoms with Crippen LogP contribution in [0, 0.1) is 17.2 Å². The molecule has 0 amide bonds. The molecule has 0 spiro atoms. The average molecular weight is 553 g/mol. The standard InChI is InChI=1S/C30H41FN4OSSi/c1-21(37-28-14-15-34(5)33-28)22-8-9-24-16-27-23(19-32-35(27)26-12-10-25(31)11-13-26)18-30(24,17-22)20-36-38(6,7)29(2,3)4/h10-16,19,21-22H,8-9,17-18,20H2,1-7H3/t21?,22-,30-/m0/s1. The molecule has 0 radical (unpaired) electrons. The highest BCUT2D eigenvalue weighted by molar-refractivity contribution is 7.99. The van der Waals surface area contributed by atoms with E-state index in [9.17, 15) is 4.39 Å². The van der Waals surface area contributed by atoms with Crippen molar-refractivity contribution in [3.05, 3.63) is 65.4 Å². The van der Waals surface area contributed by atoms with Crippen molar-refractivity contribution in [3.8, 4) is 5.69 Å². The van der Waals surface area contributed by atoms with Gasteiger partial charge in [0.2, 0.25) is 0 Å². The highest BCUT2D eigenvalue weighted by atomic mass is 32.2. The van der Waals surface area contributed by atoms with Crippen LogP contribution in [0.5, 0.6) is 0 Å². The molecule has 2 aliphatic carbocycles. The Bertz CT molecular complexity index is 1320. The maximum atomic E-state index is 13.6. The largest absolute Gasteiger partial charge is 0.416 e. The van der Waals surface area contributed by atoms with Gasteiger partial charge in [-0.3, -0.25) is 4.68 Å². The van der Waals surface area contributed by atoms with E-state index in [0.717, 1.165) is 48.7 Å². The van der Waals surface area contributed by atoms with E-state index in [1.807, 2.05) is 40.6 Å². The molecule has 1 fully saturated rings. The van der Waals surface area contributed by atoms with Gasteiger partial charge in [0.1, 0.15) is 10.8 Å². The Kier molecular flexibility index (Phi) is 7.29. The third-order valence-corrected chi connectivity index (χ3v) is 14.8. The number of aryl methyl sites for hydroxylation is 1. The minimum atomic E-state index is -1.92. The summed E-state index contributed by atoms with van der Waals surface area (Å²) >= 11 is 1.89. The zero-order chi connectivity index (χ0) is 27.3. The Balaban J connectivity index is 1.46. The molecule has 3 aromatic rings. The molecule has 3 atom stereocenters. The molecule has 0 bridgehead atoms. The third kappa shape index (κ3) is 5.32. The molecular weight excluding hydrogens is 512 g/mol. The first-order chi connectivity index (χ1) is 17.9. The van der Waals surface area contributed by atoms with E-state index in [0.29, 0.717) is 11.2 Å². The van der Waals surface area contributed by atoms with Crippen molar-refractivity contribution in [2.45, 2.75) is 81.8 Å². The Labute approximate surface area is 232 Å². The first kappa shape index (κ1) is 27.4. The fraction of sp³-hybridized carbons (Fsp3) is 0.533. The average Bonchev–Trinajstić information content (AvgIpc) is 3.46. The maximum Gasteiger partial charge on any atom is 0.192 e. The highest BCUT2D eigenvalue weighted by Crippen LogP contribution is 2.53. The zero-order valence-corrected chi connectivity index (χ0v) is 25.6. The summed E-state index contributed by atoms with van der Waals surface area (Å²) in [5.74, 6) is 0.349. The van der Waals surface area contributed by atoms with Gasteiger partial charge in [0.05, 0.1) is 17.6 Å². The number of fused-ring (bicyclic) bond motifs is 2. The van der Waals surface area contributed by atoms with Gasteiger partial charge in [-0.15, -0.1) is 11.8 Å². The van der Waals surface area contributed by atoms with E-state index in [-0.39, 0.29) is 16.3 Å². The van der Waals surface area contributed by atoms with Gasteiger partial charge >= 0.3 is 0 Å². The van der Waals surface area contributed by atoms with E-state index in [1.165, 1.54) is 23.3 Å². The number of nitrogens with zero attached hydrogens (tertiary/aromatic N) is 4. The SMILES string of the molecule is CC(Sc1ccn(C)n1)[C@H]1CCC2=Cc3c(cnn3-c3ccc(F)cc3)C[C@]2(CO[Si](C)(C)C(C)(C)C)C1. The van der Waals surface area contributed by atoms with Crippen LogP contribution in [0.25, 0.3) is 11.8 Å². The summed E-state index contributed by atoms with van der Waals surface area (Å²) in [6, 6.07) is 8.72. The zero-order valence-electron chi connectivity index (χ0n) is 23.8. The fourth-order valence-corrected chi connectivity index (χ4v) is 7.82. The molecule has 2 aliphatic rings. The van der Waals surface area contributed by atoms with Gasteiger partial charge in [-0.2, -0.15) is 10.2 Å². The lowest BCUT2D eigenvalue weighted by atomic mass is 9.61. The number of hydrogen-bond donors (Lipinski definition) is 0. The molecule has 5 rings (SSSR count). The lowest BCUT2D eigenvalue weighted by molar-refractivity contribution is 0.109. The smallest absolute Gasteiger partial charge is 0.192 e. The summed E-state index contributed by atoms with van der Waals surface area (Å²) in [6.07, 6.45) is 10.7. The second-order valence-electron chi connectivity index (χ2n) is 12.8. The highest BCUT2D eigenvalue weighted by Gasteiger charge is 2.47. The lowest BCUT2D eigenvalue weighted by Gasteiger charge is -2.48. The van der Waals surface area contributed by atoms with Crippen molar-refractivity contribution in [1.82, 2.24) is 19.6 Å². The minimum absolute atomic E-state index is 0.0268. The summed E-state index contributed by atoms with van der Waals surface area (Å²) in [5.41, 5.74) is 4.73. The van der Waals surface area contributed by atoms with Crippen molar-refractivity contribution < 1.29 is 8.82 Å². The number of rotatable bonds is 7. The maximum absolute atomic E-state index is 13.6. The molecule has 2 heterocycles. The summed E-state index contributed by atoms with van der Waals surface area (Å²) in [5, 5.41) is 11.1. The Morgan fingerprint density at radius 3 is 2.61 bits per heavy atom. The van der Waals surface area contributed by atoms with Crippen LogP contribution in [-0.2, 0) is 17.9 Å². The Morgan fingerprint density at radius 2 is 1.95 bits per heavy atom. The van der Waals surface area contributed by atoms with Crippen LogP contribution < -0.4 is 0 Å². The van der Waals surface area contributed by atoms with Crippen molar-refractivity contribution in [3.63, 3.8) is 0 Å². The van der Waals surface area contributed by atoms with Gasteiger partial charge in [0.15, 0.2) is 8.32 Å². The summed E-state index contributed by atoms with van der Waals surface area (Å²) in [4.78, 5) is 0. The van der Waals surface area contributed by atoms with E-state index in [4.69, 9.17) is 9.52 Å². The fourth-order valence-electron chi connectivity index (χ4n) is 5.63. The van der Waals surface area contributed by atoms with E-state index in [2.05, 4.69) is 58.0 Å². The summed E-state index contributed by atoms with van der Waals surface area (Å²) in [6.45, 7) is 14.8. The molecule has 204 valence electrons. The molecule has 38 heavy (non-hydrogen) atoms. The molecule has 0 N–H and O–H groups in total. The number of thioether (sulfide) groups is 1. The molecule has 5 nitrogen and oxygen atoms in total.